The van der Waals surface area contributed by atoms with Gasteiger partial charge in [0.05, 0.1) is 4.47 Å². The average molecular weight is 360 g/mol. The first kappa shape index (κ1) is 14.0. The van der Waals surface area contributed by atoms with Gasteiger partial charge in [-0.1, -0.05) is 30.3 Å². The van der Waals surface area contributed by atoms with Crippen LogP contribution in [0.15, 0.2) is 53.0 Å². The Morgan fingerprint density at radius 1 is 1.10 bits per heavy atom. The first-order chi connectivity index (χ1) is 10.2. The highest BCUT2D eigenvalue weighted by atomic mass is 79.9. The van der Waals surface area contributed by atoms with Crippen LogP contribution in [0.3, 0.4) is 0 Å². The van der Waals surface area contributed by atoms with E-state index < -0.39 is 0 Å². The SMILES string of the molecule is O=Cc1ccc(C(=O)Nc2sc3ccccc3c2Br)cc1. The quantitative estimate of drug-likeness (QED) is 0.687. The first-order valence-electron chi connectivity index (χ1n) is 6.22. The van der Waals surface area contributed by atoms with Crippen LogP contribution in [0, 0.1) is 0 Å². The maximum absolute atomic E-state index is 12.2. The number of anilines is 1. The molecule has 0 aliphatic rings. The van der Waals surface area contributed by atoms with E-state index in [0.29, 0.717) is 11.1 Å². The molecule has 104 valence electrons. The number of fused-ring (bicyclic) bond motifs is 1. The Kier molecular flexibility index (Phi) is 3.86. The maximum atomic E-state index is 12.2. The van der Waals surface area contributed by atoms with E-state index in [4.69, 9.17) is 0 Å². The van der Waals surface area contributed by atoms with Gasteiger partial charge in [0.1, 0.15) is 11.3 Å². The standard InChI is InChI=1S/C16H10BrNO2S/c17-14-12-3-1-2-4-13(12)21-16(14)18-15(20)11-7-5-10(9-19)6-8-11/h1-9H,(H,18,20). The summed E-state index contributed by atoms with van der Waals surface area (Å²) in [6, 6.07) is 14.5. The number of nitrogens with one attached hydrogen (secondary N) is 1. The molecule has 0 radical (unpaired) electrons. The molecule has 0 fully saturated rings. The van der Waals surface area contributed by atoms with E-state index >= 15 is 0 Å². The van der Waals surface area contributed by atoms with Gasteiger partial charge in [-0.3, -0.25) is 9.59 Å². The fourth-order valence-corrected chi connectivity index (χ4v) is 3.79. The van der Waals surface area contributed by atoms with Crippen LogP contribution < -0.4 is 5.32 Å². The molecule has 5 heteroatoms. The Hall–Kier alpha value is -1.98. The Bertz CT molecular complexity index is 824. The summed E-state index contributed by atoms with van der Waals surface area (Å²) in [7, 11) is 0. The van der Waals surface area contributed by atoms with Gasteiger partial charge < -0.3 is 5.32 Å². The molecule has 1 N–H and O–H groups in total. The van der Waals surface area contributed by atoms with Gasteiger partial charge in [-0.2, -0.15) is 0 Å². The normalized spacial score (nSPS) is 10.5. The highest BCUT2D eigenvalue weighted by Crippen LogP contribution is 2.39. The molecule has 1 aromatic heterocycles. The van der Waals surface area contributed by atoms with Crippen molar-refractivity contribution in [1.29, 1.82) is 0 Å². The second-order valence-electron chi connectivity index (χ2n) is 4.44. The minimum atomic E-state index is -0.195. The van der Waals surface area contributed by atoms with Gasteiger partial charge in [-0.05, 0) is 34.1 Å². The lowest BCUT2D eigenvalue weighted by molar-refractivity contribution is 0.102. The van der Waals surface area contributed by atoms with Crippen molar-refractivity contribution in [2.45, 2.75) is 0 Å². The molecule has 3 aromatic rings. The molecule has 1 heterocycles. The summed E-state index contributed by atoms with van der Waals surface area (Å²) >= 11 is 5.04. The lowest BCUT2D eigenvalue weighted by Gasteiger charge is -2.03. The fraction of sp³-hybridized carbons (Fsp3) is 0. The third-order valence-electron chi connectivity index (χ3n) is 3.07. The van der Waals surface area contributed by atoms with Gasteiger partial charge in [0.2, 0.25) is 0 Å². The summed E-state index contributed by atoms with van der Waals surface area (Å²) in [5.41, 5.74) is 1.07. The number of hydrogen-bond donors (Lipinski definition) is 1. The summed E-state index contributed by atoms with van der Waals surface area (Å²) in [5, 5.41) is 4.75. The first-order valence-corrected chi connectivity index (χ1v) is 7.83. The summed E-state index contributed by atoms with van der Waals surface area (Å²) in [6.45, 7) is 0. The smallest absolute Gasteiger partial charge is 0.256 e. The second-order valence-corrected chi connectivity index (χ2v) is 6.28. The molecule has 3 nitrogen and oxygen atoms in total. The van der Waals surface area contributed by atoms with Crippen molar-refractivity contribution in [2.24, 2.45) is 0 Å². The monoisotopic (exact) mass is 359 g/mol. The summed E-state index contributed by atoms with van der Waals surface area (Å²) in [6.07, 6.45) is 0.754. The maximum Gasteiger partial charge on any atom is 0.256 e. The molecule has 0 saturated heterocycles. The number of aldehydes is 1. The summed E-state index contributed by atoms with van der Waals surface area (Å²) in [5.74, 6) is -0.195. The third-order valence-corrected chi connectivity index (χ3v) is 5.24. The van der Waals surface area contributed by atoms with Crippen LogP contribution in [-0.4, -0.2) is 12.2 Å². The molecule has 0 spiro atoms. The van der Waals surface area contributed by atoms with Crippen LogP contribution in [0.25, 0.3) is 10.1 Å². The molecule has 0 unspecified atom stereocenters. The van der Waals surface area contributed by atoms with Crippen LogP contribution in [0.5, 0.6) is 0 Å². The summed E-state index contributed by atoms with van der Waals surface area (Å²) < 4.78 is 2.00. The number of hydrogen-bond acceptors (Lipinski definition) is 3. The molecular formula is C16H10BrNO2S. The third kappa shape index (κ3) is 2.75. The lowest BCUT2D eigenvalue weighted by atomic mass is 10.1. The Balaban J connectivity index is 1.88. The topological polar surface area (TPSA) is 46.2 Å². The fourth-order valence-electron chi connectivity index (χ4n) is 1.98. The molecule has 0 aliphatic carbocycles. The minimum Gasteiger partial charge on any atom is -0.313 e. The Morgan fingerprint density at radius 3 is 2.48 bits per heavy atom. The van der Waals surface area contributed by atoms with Gasteiger partial charge in [0.25, 0.3) is 5.91 Å². The summed E-state index contributed by atoms with van der Waals surface area (Å²) in [4.78, 5) is 22.8. The highest BCUT2D eigenvalue weighted by molar-refractivity contribution is 9.10. The van der Waals surface area contributed by atoms with Gasteiger partial charge in [0.15, 0.2) is 0 Å². The number of amides is 1. The average Bonchev–Trinajstić information content (AvgIpc) is 2.84. The van der Waals surface area contributed by atoms with Crippen molar-refractivity contribution in [1.82, 2.24) is 0 Å². The van der Waals surface area contributed by atoms with Gasteiger partial charge >= 0.3 is 0 Å². The second kappa shape index (κ2) is 5.79. The van der Waals surface area contributed by atoms with Gasteiger partial charge in [-0.25, -0.2) is 0 Å². The van der Waals surface area contributed by atoms with E-state index in [-0.39, 0.29) is 5.91 Å². The zero-order valence-corrected chi connectivity index (χ0v) is 13.2. The molecule has 21 heavy (non-hydrogen) atoms. The van der Waals surface area contributed by atoms with E-state index in [2.05, 4.69) is 21.2 Å². The van der Waals surface area contributed by atoms with E-state index in [0.717, 1.165) is 25.8 Å². The number of benzene rings is 2. The van der Waals surface area contributed by atoms with Crippen LogP contribution in [0.4, 0.5) is 5.00 Å². The Morgan fingerprint density at radius 2 is 1.81 bits per heavy atom. The van der Waals surface area contributed by atoms with Crippen LogP contribution >= 0.6 is 27.3 Å². The lowest BCUT2D eigenvalue weighted by Crippen LogP contribution is -2.11. The van der Waals surface area contributed by atoms with Crippen molar-refractivity contribution >= 4 is 54.5 Å². The van der Waals surface area contributed by atoms with Crippen molar-refractivity contribution in [2.75, 3.05) is 5.32 Å². The van der Waals surface area contributed by atoms with Crippen molar-refractivity contribution in [3.05, 3.63) is 64.1 Å². The van der Waals surface area contributed by atoms with Crippen LogP contribution in [0.2, 0.25) is 0 Å². The van der Waals surface area contributed by atoms with Crippen molar-refractivity contribution in [3.63, 3.8) is 0 Å². The van der Waals surface area contributed by atoms with E-state index in [1.807, 2.05) is 24.3 Å². The van der Waals surface area contributed by atoms with Crippen LogP contribution in [0.1, 0.15) is 20.7 Å². The molecule has 3 rings (SSSR count). The van der Waals surface area contributed by atoms with Crippen molar-refractivity contribution in [3.8, 4) is 0 Å². The minimum absolute atomic E-state index is 0.195. The van der Waals surface area contributed by atoms with Gasteiger partial charge in [-0.15, -0.1) is 11.3 Å². The molecule has 0 saturated carbocycles. The zero-order valence-electron chi connectivity index (χ0n) is 10.8. The number of thiophene rings is 1. The largest absolute Gasteiger partial charge is 0.313 e. The van der Waals surface area contributed by atoms with Crippen LogP contribution in [-0.2, 0) is 0 Å². The molecule has 0 atom stereocenters. The zero-order chi connectivity index (χ0) is 14.8. The van der Waals surface area contributed by atoms with E-state index in [9.17, 15) is 9.59 Å². The molecule has 2 aromatic carbocycles. The van der Waals surface area contributed by atoms with Gasteiger partial charge in [0, 0.05) is 21.2 Å². The number of carbonyl (C=O) groups excluding carboxylic acids is 2. The van der Waals surface area contributed by atoms with Crippen molar-refractivity contribution < 1.29 is 9.59 Å². The molecule has 0 bridgehead atoms. The molecular weight excluding hydrogens is 350 g/mol. The predicted octanol–water partition coefficient (Wildman–Crippen LogP) is 4.73. The number of rotatable bonds is 3. The predicted molar refractivity (Wildman–Crippen MR) is 89.3 cm³/mol. The van der Waals surface area contributed by atoms with E-state index in [1.54, 1.807) is 24.3 Å². The molecule has 0 aliphatic heterocycles. The molecule has 1 amide bonds. The highest BCUT2D eigenvalue weighted by Gasteiger charge is 2.13. The Labute approximate surface area is 133 Å². The van der Waals surface area contributed by atoms with E-state index in [1.165, 1.54) is 11.3 Å². The number of carbonyl (C=O) groups is 2. The number of halogens is 1.